The second kappa shape index (κ2) is 8.06. The SMILES string of the molecule is CCCCC/C=C/CC(F)(F)C(F)(F)C(F)(F)C(F)(F)C(F)(F)C(F)(F)F. The van der Waals surface area contributed by atoms with Gasteiger partial charge < -0.3 is 0 Å². The highest BCUT2D eigenvalue weighted by atomic mass is 19.4. The molecule has 0 rings (SSSR count). The smallest absolute Gasteiger partial charge is 0.199 e. The summed E-state index contributed by atoms with van der Waals surface area (Å²) < 4.78 is 167. The summed E-state index contributed by atoms with van der Waals surface area (Å²) in [5.41, 5.74) is 0. The van der Waals surface area contributed by atoms with E-state index in [4.69, 9.17) is 0 Å². The molecule has 0 saturated heterocycles. The summed E-state index contributed by atoms with van der Waals surface area (Å²) in [4.78, 5) is 0. The number of alkyl halides is 13. The van der Waals surface area contributed by atoms with Crippen molar-refractivity contribution in [2.45, 2.75) is 74.8 Å². The van der Waals surface area contributed by atoms with Crippen LogP contribution in [0, 0.1) is 0 Å². The molecule has 0 aromatic rings. The minimum absolute atomic E-state index is 0.0498. The molecule has 0 spiro atoms. The molecule has 0 aromatic carbocycles. The molecule has 0 saturated carbocycles. The van der Waals surface area contributed by atoms with Gasteiger partial charge in [0.2, 0.25) is 0 Å². The van der Waals surface area contributed by atoms with Gasteiger partial charge in [0.05, 0.1) is 0 Å². The third-order valence-corrected chi connectivity index (χ3v) is 3.51. The highest BCUT2D eigenvalue weighted by Crippen LogP contribution is 2.60. The molecule has 0 aliphatic heterocycles. The van der Waals surface area contributed by atoms with Gasteiger partial charge in [0, 0.05) is 6.42 Å². The van der Waals surface area contributed by atoms with Crippen molar-refractivity contribution in [3.8, 4) is 0 Å². The fourth-order valence-electron chi connectivity index (χ4n) is 1.79. The lowest BCUT2D eigenvalue weighted by Crippen LogP contribution is -2.70. The van der Waals surface area contributed by atoms with Crippen molar-refractivity contribution in [3.05, 3.63) is 12.2 Å². The van der Waals surface area contributed by atoms with Gasteiger partial charge in [-0.05, 0) is 12.8 Å². The van der Waals surface area contributed by atoms with Gasteiger partial charge in [0.1, 0.15) is 0 Å². The van der Waals surface area contributed by atoms with Crippen LogP contribution in [0.15, 0.2) is 12.2 Å². The Morgan fingerprint density at radius 1 is 0.556 bits per heavy atom. The summed E-state index contributed by atoms with van der Waals surface area (Å²) in [6, 6.07) is 0. The number of allylic oxidation sites excluding steroid dienone is 2. The molecule has 0 atom stereocenters. The maximum atomic E-state index is 13.3. The van der Waals surface area contributed by atoms with Gasteiger partial charge >= 0.3 is 35.8 Å². The van der Waals surface area contributed by atoms with Crippen molar-refractivity contribution < 1.29 is 57.1 Å². The molecular weight excluding hydrogens is 415 g/mol. The average Bonchev–Trinajstić information content (AvgIpc) is 2.48. The lowest BCUT2D eigenvalue weighted by molar-refractivity contribution is -0.439. The van der Waals surface area contributed by atoms with Gasteiger partial charge in [-0.25, -0.2) is 0 Å². The lowest BCUT2D eigenvalue weighted by atomic mass is 9.92. The molecular formula is C14H15F13. The van der Waals surface area contributed by atoms with E-state index in [2.05, 4.69) is 0 Å². The first-order chi connectivity index (χ1) is 11.8. The Kier molecular flexibility index (Phi) is 7.71. The molecule has 0 bridgehead atoms. The normalized spacial score (nSPS) is 15.6. The van der Waals surface area contributed by atoms with Gasteiger partial charge in [-0.15, -0.1) is 0 Å². The van der Waals surface area contributed by atoms with Crippen LogP contribution in [0.25, 0.3) is 0 Å². The fourth-order valence-corrected chi connectivity index (χ4v) is 1.79. The zero-order valence-corrected chi connectivity index (χ0v) is 13.6. The first-order valence-electron chi connectivity index (χ1n) is 7.42. The van der Waals surface area contributed by atoms with Crippen LogP contribution < -0.4 is 0 Å². The molecule has 0 amide bonds. The predicted octanol–water partition coefficient (Wildman–Crippen LogP) is 7.25. The van der Waals surface area contributed by atoms with Crippen LogP contribution in [0.4, 0.5) is 57.1 Å². The van der Waals surface area contributed by atoms with E-state index in [9.17, 15) is 57.1 Å². The molecule has 0 unspecified atom stereocenters. The molecule has 0 aliphatic carbocycles. The second-order valence-electron chi connectivity index (χ2n) is 5.67. The number of unbranched alkanes of at least 4 members (excludes halogenated alkanes) is 3. The maximum Gasteiger partial charge on any atom is 0.460 e. The van der Waals surface area contributed by atoms with Gasteiger partial charge in [0.25, 0.3) is 0 Å². The standard InChI is InChI=1S/C14H15F13/c1-2-3-4-5-6-7-8-9(15,16)10(17,18)11(19,20)12(21,22)13(23,24)14(25,26)27/h6-7H,2-5,8H2,1H3/b7-6+. The highest BCUT2D eigenvalue weighted by Gasteiger charge is 2.90. The molecule has 0 aromatic heterocycles. The first-order valence-corrected chi connectivity index (χ1v) is 7.42. The van der Waals surface area contributed by atoms with E-state index in [-0.39, 0.29) is 12.5 Å². The Morgan fingerprint density at radius 3 is 1.41 bits per heavy atom. The van der Waals surface area contributed by atoms with E-state index in [1.165, 1.54) is 0 Å². The minimum Gasteiger partial charge on any atom is -0.199 e. The van der Waals surface area contributed by atoms with Crippen molar-refractivity contribution >= 4 is 0 Å². The van der Waals surface area contributed by atoms with Gasteiger partial charge in [-0.3, -0.25) is 0 Å². The second-order valence-corrected chi connectivity index (χ2v) is 5.67. The topological polar surface area (TPSA) is 0 Å². The quantitative estimate of drug-likeness (QED) is 0.195. The number of halogens is 13. The van der Waals surface area contributed by atoms with Crippen LogP contribution in [-0.4, -0.2) is 35.8 Å². The Morgan fingerprint density at radius 2 is 1.00 bits per heavy atom. The average molecular weight is 430 g/mol. The van der Waals surface area contributed by atoms with E-state index in [0.717, 1.165) is 6.08 Å². The molecule has 13 heteroatoms. The minimum atomic E-state index is -7.84. The fraction of sp³-hybridized carbons (Fsp3) is 0.857. The van der Waals surface area contributed by atoms with Crippen molar-refractivity contribution in [2.24, 2.45) is 0 Å². The van der Waals surface area contributed by atoms with Gasteiger partial charge in [-0.2, -0.15) is 57.1 Å². The molecule has 0 aliphatic rings. The highest BCUT2D eigenvalue weighted by molar-refractivity contribution is 5.11. The monoisotopic (exact) mass is 430 g/mol. The summed E-state index contributed by atoms with van der Waals surface area (Å²) in [5, 5.41) is 0. The Balaban J connectivity index is 5.68. The molecule has 0 heterocycles. The summed E-state index contributed by atoms with van der Waals surface area (Å²) in [6.45, 7) is 1.76. The van der Waals surface area contributed by atoms with E-state index in [1.807, 2.05) is 0 Å². The first kappa shape index (κ1) is 25.8. The molecule has 0 fully saturated rings. The van der Waals surface area contributed by atoms with Gasteiger partial charge in [-0.1, -0.05) is 31.9 Å². The van der Waals surface area contributed by atoms with Crippen LogP contribution in [0.5, 0.6) is 0 Å². The Labute approximate surface area is 145 Å². The van der Waals surface area contributed by atoms with Crippen LogP contribution in [0.1, 0.15) is 39.0 Å². The van der Waals surface area contributed by atoms with E-state index in [1.54, 1.807) is 6.92 Å². The van der Waals surface area contributed by atoms with Crippen LogP contribution in [-0.2, 0) is 0 Å². The van der Waals surface area contributed by atoms with Crippen molar-refractivity contribution in [1.82, 2.24) is 0 Å². The van der Waals surface area contributed by atoms with Crippen LogP contribution in [0.2, 0.25) is 0 Å². The van der Waals surface area contributed by atoms with E-state index < -0.39 is 42.2 Å². The maximum absolute atomic E-state index is 13.3. The number of hydrogen-bond acceptors (Lipinski definition) is 0. The Bertz CT molecular complexity index is 502. The molecule has 162 valence electrons. The Hall–Kier alpha value is -1.17. The van der Waals surface area contributed by atoms with Crippen molar-refractivity contribution in [1.29, 1.82) is 0 Å². The van der Waals surface area contributed by atoms with E-state index >= 15 is 0 Å². The van der Waals surface area contributed by atoms with Gasteiger partial charge in [0.15, 0.2) is 0 Å². The predicted molar refractivity (Wildman–Crippen MR) is 68.7 cm³/mol. The van der Waals surface area contributed by atoms with Crippen LogP contribution in [0.3, 0.4) is 0 Å². The van der Waals surface area contributed by atoms with Crippen molar-refractivity contribution in [2.75, 3.05) is 0 Å². The summed E-state index contributed by atoms with van der Waals surface area (Å²) >= 11 is 0. The molecule has 0 N–H and O–H groups in total. The van der Waals surface area contributed by atoms with E-state index in [0.29, 0.717) is 19.3 Å². The molecule has 0 nitrogen and oxygen atoms in total. The zero-order valence-electron chi connectivity index (χ0n) is 13.6. The molecule has 27 heavy (non-hydrogen) atoms. The third kappa shape index (κ3) is 4.64. The summed E-state index contributed by atoms with van der Waals surface area (Å²) in [7, 11) is 0. The lowest BCUT2D eigenvalue weighted by Gasteiger charge is -2.39. The van der Waals surface area contributed by atoms with Crippen LogP contribution >= 0.6 is 0 Å². The number of rotatable bonds is 10. The third-order valence-electron chi connectivity index (χ3n) is 3.51. The largest absolute Gasteiger partial charge is 0.460 e. The number of hydrogen-bond donors (Lipinski definition) is 0. The summed E-state index contributed by atoms with van der Waals surface area (Å²) in [6.07, 6.45) is -6.82. The van der Waals surface area contributed by atoms with Crippen molar-refractivity contribution in [3.63, 3.8) is 0 Å². The zero-order chi connectivity index (χ0) is 21.9. The summed E-state index contributed by atoms with van der Waals surface area (Å²) in [5.74, 6) is -36.5. The molecule has 0 radical (unpaired) electrons.